The van der Waals surface area contributed by atoms with Gasteiger partial charge in [-0.1, -0.05) is 32.9 Å². The van der Waals surface area contributed by atoms with Crippen molar-refractivity contribution in [1.29, 1.82) is 0 Å². The van der Waals surface area contributed by atoms with Crippen LogP contribution in [-0.4, -0.2) is 41.3 Å². The molecule has 0 fully saturated rings. The zero-order valence-electron chi connectivity index (χ0n) is 18.6. The molecular formula is C21H24N6O4S2. The Morgan fingerprint density at radius 2 is 1.85 bits per heavy atom. The van der Waals surface area contributed by atoms with Gasteiger partial charge >= 0.3 is 0 Å². The minimum Gasteiger partial charge on any atom is -0.307 e. The summed E-state index contributed by atoms with van der Waals surface area (Å²) >= 11 is 0.987. The zero-order chi connectivity index (χ0) is 24.0. The number of rotatable bonds is 5. The molecule has 0 atom stereocenters. The average Bonchev–Trinajstić information content (AvgIpc) is 3.43. The van der Waals surface area contributed by atoms with Crippen LogP contribution in [0.25, 0.3) is 0 Å². The van der Waals surface area contributed by atoms with Crippen LogP contribution in [0.3, 0.4) is 0 Å². The number of amides is 1. The quantitative estimate of drug-likeness (QED) is 0.502. The van der Waals surface area contributed by atoms with Crippen molar-refractivity contribution in [1.82, 2.24) is 20.1 Å². The second kappa shape index (κ2) is 8.36. The van der Waals surface area contributed by atoms with Crippen molar-refractivity contribution in [3.8, 4) is 0 Å². The number of aromatic nitrogens is 3. The molecule has 1 aliphatic rings. The van der Waals surface area contributed by atoms with Crippen molar-refractivity contribution in [2.24, 2.45) is 0 Å². The van der Waals surface area contributed by atoms with Gasteiger partial charge in [0.1, 0.15) is 11.5 Å². The van der Waals surface area contributed by atoms with E-state index < -0.39 is 15.9 Å². The number of anilines is 2. The van der Waals surface area contributed by atoms with Crippen LogP contribution >= 0.6 is 11.3 Å². The molecule has 0 saturated carbocycles. The monoisotopic (exact) mass is 488 g/mol. The number of benzene rings is 1. The van der Waals surface area contributed by atoms with Gasteiger partial charge in [-0.05, 0) is 23.1 Å². The second-order valence-electron chi connectivity index (χ2n) is 8.79. The highest BCUT2D eigenvalue weighted by Gasteiger charge is 2.28. The Kier molecular flexibility index (Phi) is 5.85. The smallest absolute Gasteiger partial charge is 0.299 e. The van der Waals surface area contributed by atoms with E-state index in [-0.39, 0.29) is 28.0 Å². The molecule has 10 nitrogen and oxygen atoms in total. The van der Waals surface area contributed by atoms with Crippen molar-refractivity contribution in [3.05, 3.63) is 57.7 Å². The minimum atomic E-state index is -3.52. The molecule has 0 aliphatic carbocycles. The number of hydrogen-bond acceptors (Lipinski definition) is 8. The third-order valence-corrected chi connectivity index (χ3v) is 6.55. The molecule has 12 heteroatoms. The van der Waals surface area contributed by atoms with E-state index in [9.17, 15) is 18.0 Å². The predicted molar refractivity (Wildman–Crippen MR) is 126 cm³/mol. The summed E-state index contributed by atoms with van der Waals surface area (Å²) in [5, 5.41) is 11.9. The van der Waals surface area contributed by atoms with Gasteiger partial charge in [-0.15, -0.1) is 11.3 Å². The number of hydrogen-bond donors (Lipinski definition) is 3. The summed E-state index contributed by atoms with van der Waals surface area (Å²) in [6.07, 6.45) is 1.00. The maximum absolute atomic E-state index is 13.1. The predicted octanol–water partition coefficient (Wildman–Crippen LogP) is 2.55. The summed E-state index contributed by atoms with van der Waals surface area (Å²) in [7, 11) is -3.52. The largest absolute Gasteiger partial charge is 0.307 e. The standard InChI is InChI=1S/C21H24N6O4S2/c1-21(2,3)13-7-5-12(6-8-13)18(28)24-17-14-9-22-10-15(14)25-27(17)19(29)16-11-32-20(23-16)26-33(4,30)31/h5-8,11,22H,9-10H2,1-4H3,(H,23,26)(H,24,28). The first-order valence-electron chi connectivity index (χ1n) is 10.1. The lowest BCUT2D eigenvalue weighted by Gasteiger charge is -2.19. The maximum atomic E-state index is 13.1. The van der Waals surface area contributed by atoms with Gasteiger partial charge < -0.3 is 10.6 Å². The highest BCUT2D eigenvalue weighted by molar-refractivity contribution is 7.92. The fourth-order valence-electron chi connectivity index (χ4n) is 3.39. The lowest BCUT2D eigenvalue weighted by atomic mass is 9.87. The van der Waals surface area contributed by atoms with E-state index in [4.69, 9.17) is 0 Å². The molecule has 2 aromatic heterocycles. The molecule has 0 unspecified atom stereocenters. The maximum Gasteiger partial charge on any atom is 0.299 e. The number of fused-ring (bicyclic) bond motifs is 1. The van der Waals surface area contributed by atoms with Crippen LogP contribution in [0.2, 0.25) is 0 Å². The minimum absolute atomic E-state index is 0.0188. The fraction of sp³-hybridized carbons (Fsp3) is 0.333. The molecular weight excluding hydrogens is 464 g/mol. The lowest BCUT2D eigenvalue weighted by molar-refractivity contribution is 0.0942. The average molecular weight is 489 g/mol. The topological polar surface area (TPSA) is 135 Å². The van der Waals surface area contributed by atoms with Gasteiger partial charge in [-0.2, -0.15) is 9.78 Å². The number of thiazole rings is 1. The summed E-state index contributed by atoms with van der Waals surface area (Å²) in [5.74, 6) is -0.659. The summed E-state index contributed by atoms with van der Waals surface area (Å²) in [4.78, 5) is 30.1. The molecule has 4 rings (SSSR count). The molecule has 3 aromatic rings. The van der Waals surface area contributed by atoms with E-state index in [0.29, 0.717) is 24.3 Å². The van der Waals surface area contributed by atoms with Crippen LogP contribution in [0.4, 0.5) is 10.9 Å². The van der Waals surface area contributed by atoms with Crippen LogP contribution < -0.4 is 15.4 Å². The van der Waals surface area contributed by atoms with Crippen molar-refractivity contribution < 1.29 is 18.0 Å². The first-order chi connectivity index (χ1) is 15.4. The van der Waals surface area contributed by atoms with Crippen LogP contribution in [0.15, 0.2) is 29.6 Å². The molecule has 3 heterocycles. The summed E-state index contributed by atoms with van der Waals surface area (Å²) in [6.45, 7) is 7.21. The van der Waals surface area contributed by atoms with Gasteiger partial charge in [0.05, 0.1) is 11.9 Å². The molecule has 0 bridgehead atoms. The highest BCUT2D eigenvalue weighted by Crippen LogP contribution is 2.27. The molecule has 0 radical (unpaired) electrons. The number of nitrogens with one attached hydrogen (secondary N) is 3. The van der Waals surface area contributed by atoms with Crippen molar-refractivity contribution in [2.45, 2.75) is 39.3 Å². The highest BCUT2D eigenvalue weighted by atomic mass is 32.2. The molecule has 1 amide bonds. The Balaban J connectivity index is 1.62. The fourth-order valence-corrected chi connectivity index (χ4v) is 4.93. The van der Waals surface area contributed by atoms with Gasteiger partial charge in [0, 0.05) is 29.6 Å². The lowest BCUT2D eigenvalue weighted by Crippen LogP contribution is -2.23. The first kappa shape index (κ1) is 23.1. The Hall–Kier alpha value is -3.09. The van der Waals surface area contributed by atoms with Crippen molar-refractivity contribution >= 4 is 44.1 Å². The van der Waals surface area contributed by atoms with Crippen LogP contribution in [-0.2, 0) is 28.5 Å². The van der Waals surface area contributed by atoms with E-state index in [1.54, 1.807) is 12.1 Å². The summed E-state index contributed by atoms with van der Waals surface area (Å²) < 4.78 is 26.2. The van der Waals surface area contributed by atoms with Crippen LogP contribution in [0.1, 0.15) is 58.4 Å². The number of nitrogens with zero attached hydrogens (tertiary/aromatic N) is 3. The first-order valence-corrected chi connectivity index (χ1v) is 12.9. The summed E-state index contributed by atoms with van der Waals surface area (Å²) in [6, 6.07) is 7.32. The number of carbonyl (C=O) groups excluding carboxylic acids is 2. The molecule has 1 aliphatic heterocycles. The molecule has 33 heavy (non-hydrogen) atoms. The molecule has 1 aromatic carbocycles. The van der Waals surface area contributed by atoms with E-state index >= 15 is 0 Å². The third kappa shape index (κ3) is 4.97. The SMILES string of the molecule is CC(C)(C)c1ccc(C(=O)Nc2c3c(nn2C(=O)c2csc(NS(C)(=O)=O)n2)CNC3)cc1. The molecule has 0 spiro atoms. The van der Waals surface area contributed by atoms with E-state index in [0.717, 1.165) is 33.4 Å². The Bertz CT molecular complexity index is 1330. The number of sulfonamides is 1. The van der Waals surface area contributed by atoms with Gasteiger partial charge in [-0.25, -0.2) is 13.4 Å². The van der Waals surface area contributed by atoms with Gasteiger partial charge in [0.25, 0.3) is 11.8 Å². The third-order valence-electron chi connectivity index (χ3n) is 5.09. The van der Waals surface area contributed by atoms with Gasteiger partial charge in [0.15, 0.2) is 5.13 Å². The summed E-state index contributed by atoms with van der Waals surface area (Å²) in [5.41, 5.74) is 2.93. The van der Waals surface area contributed by atoms with E-state index in [1.165, 1.54) is 5.38 Å². The molecule has 3 N–H and O–H groups in total. The van der Waals surface area contributed by atoms with Crippen molar-refractivity contribution in [3.63, 3.8) is 0 Å². The van der Waals surface area contributed by atoms with Crippen LogP contribution in [0.5, 0.6) is 0 Å². The van der Waals surface area contributed by atoms with E-state index in [1.807, 2.05) is 12.1 Å². The second-order valence-corrected chi connectivity index (χ2v) is 11.4. The Morgan fingerprint density at radius 1 is 1.15 bits per heavy atom. The van der Waals surface area contributed by atoms with Crippen molar-refractivity contribution in [2.75, 3.05) is 16.3 Å². The molecule has 174 valence electrons. The zero-order valence-corrected chi connectivity index (χ0v) is 20.2. The van der Waals surface area contributed by atoms with E-state index in [2.05, 4.69) is 46.2 Å². The molecule has 0 saturated heterocycles. The Morgan fingerprint density at radius 3 is 2.48 bits per heavy atom. The van der Waals surface area contributed by atoms with Gasteiger partial charge in [-0.3, -0.25) is 14.3 Å². The normalized spacial score (nSPS) is 13.6. The van der Waals surface area contributed by atoms with Gasteiger partial charge in [0.2, 0.25) is 10.0 Å². The number of carbonyl (C=O) groups is 2. The van der Waals surface area contributed by atoms with Crippen LogP contribution in [0, 0.1) is 0 Å². The Labute approximate surface area is 195 Å².